The highest BCUT2D eigenvalue weighted by Crippen LogP contribution is 2.25. The molecule has 4 nitrogen and oxygen atoms in total. The number of ether oxygens (including phenoxy) is 1. The van der Waals surface area contributed by atoms with Crippen molar-refractivity contribution in [1.82, 2.24) is 4.90 Å². The quantitative estimate of drug-likeness (QED) is 0.847. The second-order valence-corrected chi connectivity index (χ2v) is 5.73. The first-order valence-electron chi connectivity index (χ1n) is 7.38. The van der Waals surface area contributed by atoms with Crippen LogP contribution in [0.5, 0.6) is 5.75 Å². The summed E-state index contributed by atoms with van der Waals surface area (Å²) >= 11 is 0. The zero-order valence-corrected chi connectivity index (χ0v) is 12.7. The van der Waals surface area contributed by atoms with Gasteiger partial charge in [-0.3, -0.25) is 4.90 Å². The second kappa shape index (κ2) is 7.27. The fourth-order valence-electron chi connectivity index (χ4n) is 2.86. The Labute approximate surface area is 126 Å². The van der Waals surface area contributed by atoms with Gasteiger partial charge in [0.1, 0.15) is 5.75 Å². The highest BCUT2D eigenvalue weighted by atomic mass is 16.5. The predicted molar refractivity (Wildman–Crippen MR) is 83.3 cm³/mol. The minimum absolute atomic E-state index is 0.736. The number of carboxylic acid groups (broad SMARTS) is 1. The van der Waals surface area contributed by atoms with Crippen molar-refractivity contribution in [3.05, 3.63) is 35.4 Å². The van der Waals surface area contributed by atoms with Crippen LogP contribution >= 0.6 is 0 Å². The molecule has 114 valence electrons. The summed E-state index contributed by atoms with van der Waals surface area (Å²) in [6, 6.07) is 5.79. The van der Waals surface area contributed by atoms with Gasteiger partial charge in [0.25, 0.3) is 0 Å². The number of benzene rings is 1. The van der Waals surface area contributed by atoms with Crippen molar-refractivity contribution >= 4 is 12.0 Å². The third-order valence-corrected chi connectivity index (χ3v) is 3.86. The molecule has 0 amide bonds. The second-order valence-electron chi connectivity index (χ2n) is 5.73. The molecule has 4 heteroatoms. The predicted octanol–water partition coefficient (Wildman–Crippen LogP) is 3.02. The van der Waals surface area contributed by atoms with E-state index in [1.807, 2.05) is 18.2 Å². The van der Waals surface area contributed by atoms with Gasteiger partial charge in [-0.05, 0) is 49.1 Å². The number of nitrogens with zero attached hydrogens (tertiary/aromatic N) is 1. The van der Waals surface area contributed by atoms with Crippen LogP contribution in [0.4, 0.5) is 0 Å². The first-order valence-corrected chi connectivity index (χ1v) is 7.38. The maximum Gasteiger partial charge on any atom is 0.328 e. The zero-order valence-electron chi connectivity index (χ0n) is 12.7. The van der Waals surface area contributed by atoms with Gasteiger partial charge in [0.2, 0.25) is 0 Å². The summed E-state index contributed by atoms with van der Waals surface area (Å²) in [6.45, 7) is 5.36. The van der Waals surface area contributed by atoms with Crippen LogP contribution in [0.1, 0.15) is 30.9 Å². The van der Waals surface area contributed by atoms with E-state index in [1.54, 1.807) is 13.2 Å². The van der Waals surface area contributed by atoms with E-state index in [9.17, 15) is 4.79 Å². The average Bonchev–Trinajstić information content (AvgIpc) is 2.45. The van der Waals surface area contributed by atoms with Gasteiger partial charge >= 0.3 is 5.97 Å². The Morgan fingerprint density at radius 2 is 2.33 bits per heavy atom. The molecular formula is C17H23NO3. The molecule has 0 radical (unpaired) electrons. The van der Waals surface area contributed by atoms with E-state index >= 15 is 0 Å². The topological polar surface area (TPSA) is 49.8 Å². The van der Waals surface area contributed by atoms with Crippen LogP contribution < -0.4 is 4.74 Å². The highest BCUT2D eigenvalue weighted by Gasteiger charge is 2.17. The molecule has 1 aromatic rings. The molecular weight excluding hydrogens is 266 g/mol. The van der Waals surface area contributed by atoms with Crippen LogP contribution in [0.25, 0.3) is 6.08 Å². The number of carboxylic acids is 1. The lowest BCUT2D eigenvalue weighted by Crippen LogP contribution is -2.33. The van der Waals surface area contributed by atoms with E-state index in [0.29, 0.717) is 0 Å². The summed E-state index contributed by atoms with van der Waals surface area (Å²) in [5, 5.41) is 8.72. The van der Waals surface area contributed by atoms with Crippen LogP contribution in [-0.2, 0) is 11.3 Å². The highest BCUT2D eigenvalue weighted by molar-refractivity contribution is 5.85. The number of aliphatic carboxylic acids is 1. The molecule has 0 aliphatic carbocycles. The Morgan fingerprint density at radius 1 is 1.52 bits per heavy atom. The molecule has 1 aliphatic rings. The first kappa shape index (κ1) is 15.6. The number of methoxy groups -OCH3 is 1. The molecule has 1 saturated heterocycles. The standard InChI is InChI=1S/C17H23NO3/c1-13-4-3-9-18(11-13)12-15-10-14(6-8-17(19)20)5-7-16(15)21-2/h5-8,10,13H,3-4,9,11-12H2,1-2H3,(H,19,20)/b8-6+. The van der Waals surface area contributed by atoms with E-state index in [0.717, 1.165) is 48.5 Å². The van der Waals surface area contributed by atoms with Crippen molar-refractivity contribution in [1.29, 1.82) is 0 Å². The van der Waals surface area contributed by atoms with Crippen LogP contribution in [-0.4, -0.2) is 36.2 Å². The Hall–Kier alpha value is -1.81. The average molecular weight is 289 g/mol. The van der Waals surface area contributed by atoms with Gasteiger partial charge in [0.05, 0.1) is 7.11 Å². The number of carbonyl (C=O) groups is 1. The molecule has 2 rings (SSSR count). The van der Waals surface area contributed by atoms with Crippen LogP contribution in [0.2, 0.25) is 0 Å². The fraction of sp³-hybridized carbons (Fsp3) is 0.471. The van der Waals surface area contributed by atoms with E-state index in [1.165, 1.54) is 12.8 Å². The van der Waals surface area contributed by atoms with Crippen LogP contribution in [0, 0.1) is 5.92 Å². The molecule has 1 atom stereocenters. The molecule has 1 aliphatic heterocycles. The van der Waals surface area contributed by atoms with Crippen molar-refractivity contribution in [3.63, 3.8) is 0 Å². The molecule has 1 unspecified atom stereocenters. The number of piperidine rings is 1. The Morgan fingerprint density at radius 3 is 3.00 bits per heavy atom. The molecule has 1 heterocycles. The van der Waals surface area contributed by atoms with Crippen LogP contribution in [0.15, 0.2) is 24.3 Å². The summed E-state index contributed by atoms with van der Waals surface area (Å²) in [5.74, 6) is 0.665. The maximum absolute atomic E-state index is 10.6. The molecule has 0 saturated carbocycles. The van der Waals surface area contributed by atoms with Gasteiger partial charge in [-0.25, -0.2) is 4.79 Å². The van der Waals surface area contributed by atoms with Gasteiger partial charge in [0, 0.05) is 24.7 Å². The fourth-order valence-corrected chi connectivity index (χ4v) is 2.86. The van der Waals surface area contributed by atoms with Crippen molar-refractivity contribution in [2.24, 2.45) is 5.92 Å². The Kier molecular flexibility index (Phi) is 5.39. The van der Waals surface area contributed by atoms with Gasteiger partial charge in [-0.15, -0.1) is 0 Å². The number of rotatable bonds is 5. The number of hydrogen-bond donors (Lipinski definition) is 1. The van der Waals surface area contributed by atoms with E-state index in [4.69, 9.17) is 9.84 Å². The van der Waals surface area contributed by atoms with Crippen molar-refractivity contribution in [2.75, 3.05) is 20.2 Å². The third kappa shape index (κ3) is 4.60. The number of hydrogen-bond acceptors (Lipinski definition) is 3. The van der Waals surface area contributed by atoms with E-state index < -0.39 is 5.97 Å². The van der Waals surface area contributed by atoms with Crippen molar-refractivity contribution < 1.29 is 14.6 Å². The summed E-state index contributed by atoms with van der Waals surface area (Å²) < 4.78 is 5.43. The lowest BCUT2D eigenvalue weighted by atomic mass is 9.99. The minimum Gasteiger partial charge on any atom is -0.496 e. The smallest absolute Gasteiger partial charge is 0.328 e. The molecule has 0 bridgehead atoms. The van der Waals surface area contributed by atoms with E-state index in [2.05, 4.69) is 11.8 Å². The van der Waals surface area contributed by atoms with Gasteiger partial charge in [-0.1, -0.05) is 13.0 Å². The molecule has 0 aromatic heterocycles. The lowest BCUT2D eigenvalue weighted by molar-refractivity contribution is -0.131. The molecule has 1 aromatic carbocycles. The zero-order chi connectivity index (χ0) is 15.2. The SMILES string of the molecule is COc1ccc(/C=C/C(=O)O)cc1CN1CCCC(C)C1. The monoisotopic (exact) mass is 289 g/mol. The third-order valence-electron chi connectivity index (χ3n) is 3.86. The summed E-state index contributed by atoms with van der Waals surface area (Å²) in [7, 11) is 1.67. The van der Waals surface area contributed by atoms with Gasteiger partial charge in [-0.2, -0.15) is 0 Å². The lowest BCUT2D eigenvalue weighted by Gasteiger charge is -2.31. The van der Waals surface area contributed by atoms with Crippen molar-refractivity contribution in [3.8, 4) is 5.75 Å². The molecule has 1 N–H and O–H groups in total. The summed E-state index contributed by atoms with van der Waals surface area (Å²) in [5.41, 5.74) is 2.00. The molecule has 0 spiro atoms. The number of likely N-dealkylation sites (tertiary alicyclic amines) is 1. The summed E-state index contributed by atoms with van der Waals surface area (Å²) in [4.78, 5) is 13.1. The van der Waals surface area contributed by atoms with Crippen LogP contribution in [0.3, 0.4) is 0 Å². The van der Waals surface area contributed by atoms with E-state index in [-0.39, 0.29) is 0 Å². The Balaban J connectivity index is 2.15. The Bertz CT molecular complexity index is 525. The largest absolute Gasteiger partial charge is 0.496 e. The van der Waals surface area contributed by atoms with Crippen molar-refractivity contribution in [2.45, 2.75) is 26.3 Å². The first-order chi connectivity index (χ1) is 10.1. The van der Waals surface area contributed by atoms with Gasteiger partial charge in [0.15, 0.2) is 0 Å². The normalized spacial score (nSPS) is 19.8. The minimum atomic E-state index is -0.933. The maximum atomic E-state index is 10.6. The molecule has 1 fully saturated rings. The summed E-state index contributed by atoms with van der Waals surface area (Å²) in [6.07, 6.45) is 5.32. The van der Waals surface area contributed by atoms with Gasteiger partial charge < -0.3 is 9.84 Å². The molecule has 21 heavy (non-hydrogen) atoms.